The monoisotopic (exact) mass is 292 g/mol. The van der Waals surface area contributed by atoms with Gasteiger partial charge in [0.05, 0.1) is 0 Å². The summed E-state index contributed by atoms with van der Waals surface area (Å²) in [6.45, 7) is 2.20. The Bertz CT molecular complexity index is 234. The van der Waals surface area contributed by atoms with Crippen LogP contribution in [0.5, 0.6) is 0 Å². The van der Waals surface area contributed by atoms with E-state index in [0.29, 0.717) is 0 Å². The molecule has 0 unspecified atom stereocenters. The van der Waals surface area contributed by atoms with E-state index in [1.807, 2.05) is 12.2 Å². The van der Waals surface area contributed by atoms with E-state index in [1.165, 1.54) is 18.4 Å². The fourth-order valence-electron chi connectivity index (χ4n) is 1.23. The molecule has 0 spiro atoms. The van der Waals surface area contributed by atoms with Gasteiger partial charge in [-0.15, -0.1) is 12.8 Å². The van der Waals surface area contributed by atoms with E-state index in [9.17, 15) is 0 Å². The molecule has 0 amide bonds. The van der Waals surface area contributed by atoms with Crippen LogP contribution in [0.4, 0.5) is 0 Å². The molecule has 0 bridgehead atoms. The van der Waals surface area contributed by atoms with Gasteiger partial charge in [-0.2, -0.15) is 12.2 Å². The third-order valence-electron chi connectivity index (χ3n) is 1.87. The second-order valence-electron chi connectivity index (χ2n) is 3.06. The summed E-state index contributed by atoms with van der Waals surface area (Å²) in [6.07, 6.45) is 21.1. The molecule has 2 aliphatic rings. The van der Waals surface area contributed by atoms with Gasteiger partial charge in [0, 0.05) is 0 Å². The Hall–Kier alpha value is -0.157. The molecule has 0 aliphatic heterocycles. The van der Waals surface area contributed by atoms with Gasteiger partial charge in [-0.25, -0.2) is 23.8 Å². The normalized spacial score (nSPS) is 13.9. The second kappa shape index (κ2) is 14.8. The molecule has 0 aromatic rings. The van der Waals surface area contributed by atoms with Crippen LogP contribution in [-0.2, 0) is 26.2 Å². The zero-order valence-corrected chi connectivity index (χ0v) is 13.2. The van der Waals surface area contributed by atoms with Crippen LogP contribution in [0.15, 0.2) is 36.0 Å². The summed E-state index contributed by atoms with van der Waals surface area (Å²) in [5, 5.41) is 0. The van der Waals surface area contributed by atoms with E-state index < -0.39 is 0 Å². The maximum absolute atomic E-state index is 3.26. The Labute approximate surface area is 121 Å². The molecule has 2 aliphatic carbocycles. The van der Waals surface area contributed by atoms with Crippen LogP contribution in [0.3, 0.4) is 0 Å². The molecule has 16 heavy (non-hydrogen) atoms. The van der Waals surface area contributed by atoms with Crippen LogP contribution in [0.25, 0.3) is 0 Å². The molecule has 0 heterocycles. The van der Waals surface area contributed by atoms with Crippen molar-refractivity contribution in [2.75, 3.05) is 0 Å². The molecule has 86 valence electrons. The van der Waals surface area contributed by atoms with Crippen molar-refractivity contribution in [3.05, 3.63) is 63.0 Å². The molecule has 0 nitrogen and oxygen atoms in total. The molecule has 0 radical (unpaired) electrons. The van der Waals surface area contributed by atoms with Gasteiger partial charge in [-0.05, 0) is 0 Å². The maximum Gasteiger partial charge on any atom is 4.00 e. The van der Waals surface area contributed by atoms with E-state index in [2.05, 4.69) is 37.3 Å². The summed E-state index contributed by atoms with van der Waals surface area (Å²) in [6, 6.07) is 0. The summed E-state index contributed by atoms with van der Waals surface area (Å²) in [4.78, 5) is 0. The summed E-state index contributed by atoms with van der Waals surface area (Å²) >= 11 is 0. The van der Waals surface area contributed by atoms with Gasteiger partial charge in [0.1, 0.15) is 0 Å². The van der Waals surface area contributed by atoms with Crippen LogP contribution >= 0.6 is 0 Å². The van der Waals surface area contributed by atoms with Crippen molar-refractivity contribution < 1.29 is 26.2 Å². The fourth-order valence-corrected chi connectivity index (χ4v) is 1.23. The Morgan fingerprint density at radius 1 is 1.19 bits per heavy atom. The summed E-state index contributed by atoms with van der Waals surface area (Å²) < 4.78 is 0. The van der Waals surface area contributed by atoms with E-state index in [1.54, 1.807) is 0 Å². The standard InChI is InChI=1S/C8H11.C5H5.2CH3.Zr/c1-2-5-8-6-3-4-7-8;1-2-4-5-3-1;;;/h3,6H,2,4-5H2,1H3;1-3H,4H2;2*1H3;/q4*-1;+4. The van der Waals surface area contributed by atoms with Crippen molar-refractivity contribution in [1.29, 1.82) is 0 Å². The quantitative estimate of drug-likeness (QED) is 0.649. The van der Waals surface area contributed by atoms with Gasteiger partial charge in [0.25, 0.3) is 0 Å². The van der Waals surface area contributed by atoms with Crippen LogP contribution in [0.2, 0.25) is 0 Å². The molecule has 0 N–H and O–H groups in total. The third-order valence-corrected chi connectivity index (χ3v) is 1.87. The topological polar surface area (TPSA) is 0 Å². The van der Waals surface area contributed by atoms with Gasteiger partial charge >= 0.3 is 26.2 Å². The van der Waals surface area contributed by atoms with Crippen LogP contribution in [-0.4, -0.2) is 0 Å². The minimum atomic E-state index is 0. The average Bonchev–Trinajstić information content (AvgIpc) is 2.79. The molecule has 0 saturated carbocycles. The number of rotatable bonds is 2. The third kappa shape index (κ3) is 10.4. The summed E-state index contributed by atoms with van der Waals surface area (Å²) in [7, 11) is 0. The Kier molecular flexibility index (Phi) is 19.6. The van der Waals surface area contributed by atoms with Crippen LogP contribution < -0.4 is 0 Å². The molecule has 0 aromatic carbocycles. The van der Waals surface area contributed by atoms with Gasteiger partial charge in [-0.1, -0.05) is 19.8 Å². The molecule has 1 heteroatoms. The zero-order valence-electron chi connectivity index (χ0n) is 10.7. The SMILES string of the molecule is CCCC1=[C-]CC=C1.[C-]1=CC=CC1.[CH3-].[CH3-].[Zr+4]. The predicted octanol–water partition coefficient (Wildman–Crippen LogP) is 4.68. The largest absolute Gasteiger partial charge is 4.00 e. The van der Waals surface area contributed by atoms with Crippen molar-refractivity contribution >= 4 is 0 Å². The summed E-state index contributed by atoms with van der Waals surface area (Å²) in [5.74, 6) is 0. The summed E-state index contributed by atoms with van der Waals surface area (Å²) in [5.41, 5.74) is 1.40. The Balaban J connectivity index is -0.000000189. The van der Waals surface area contributed by atoms with Gasteiger partial charge in [-0.3, -0.25) is 12.2 Å². The zero-order chi connectivity index (χ0) is 9.36. The van der Waals surface area contributed by atoms with E-state index in [-0.39, 0.29) is 41.1 Å². The van der Waals surface area contributed by atoms with Gasteiger partial charge < -0.3 is 14.9 Å². The van der Waals surface area contributed by atoms with Crippen molar-refractivity contribution in [3.63, 3.8) is 0 Å². The van der Waals surface area contributed by atoms with Crippen molar-refractivity contribution in [3.8, 4) is 0 Å². The molecule has 0 saturated heterocycles. The van der Waals surface area contributed by atoms with Crippen LogP contribution in [0, 0.1) is 27.0 Å². The van der Waals surface area contributed by atoms with Crippen molar-refractivity contribution in [2.24, 2.45) is 0 Å². The van der Waals surface area contributed by atoms with Crippen molar-refractivity contribution in [1.82, 2.24) is 0 Å². The molecule has 0 fully saturated rings. The first-order valence-corrected chi connectivity index (χ1v) is 4.91. The first-order valence-electron chi connectivity index (χ1n) is 4.91. The van der Waals surface area contributed by atoms with Gasteiger partial charge in [0.15, 0.2) is 0 Å². The first-order chi connectivity index (χ1) is 6.43. The smallest absolute Gasteiger partial charge is 0.358 e. The second-order valence-corrected chi connectivity index (χ2v) is 3.06. The van der Waals surface area contributed by atoms with E-state index >= 15 is 0 Å². The molecule has 0 atom stereocenters. The van der Waals surface area contributed by atoms with E-state index in [0.717, 1.165) is 12.8 Å². The minimum Gasteiger partial charge on any atom is -0.358 e. The molecular formula is C15H22Zr. The van der Waals surface area contributed by atoms with Crippen molar-refractivity contribution in [2.45, 2.75) is 32.6 Å². The molecule has 0 aromatic heterocycles. The van der Waals surface area contributed by atoms with Gasteiger partial charge in [0.2, 0.25) is 0 Å². The predicted molar refractivity (Wildman–Crippen MR) is 69.8 cm³/mol. The maximum atomic E-state index is 3.26. The molecular weight excluding hydrogens is 271 g/mol. The van der Waals surface area contributed by atoms with E-state index in [4.69, 9.17) is 0 Å². The first kappa shape index (κ1) is 21.2. The number of allylic oxidation sites excluding steroid dienone is 8. The fraction of sp³-hybridized carbons (Fsp3) is 0.333. The Morgan fingerprint density at radius 3 is 2.25 bits per heavy atom. The number of hydrogen-bond acceptors (Lipinski definition) is 0. The van der Waals surface area contributed by atoms with Crippen LogP contribution in [0.1, 0.15) is 32.6 Å². The average molecular weight is 294 g/mol. The number of hydrogen-bond donors (Lipinski definition) is 0. The minimum absolute atomic E-state index is 0. The Morgan fingerprint density at radius 2 is 1.94 bits per heavy atom. The molecule has 2 rings (SSSR count).